The summed E-state index contributed by atoms with van der Waals surface area (Å²) in [7, 11) is 0. The highest BCUT2D eigenvalue weighted by Crippen LogP contribution is 2.30. The van der Waals surface area contributed by atoms with E-state index in [1.807, 2.05) is 30.3 Å². The number of aliphatic hydroxyl groups is 1. The fourth-order valence-corrected chi connectivity index (χ4v) is 3.61. The Bertz CT molecular complexity index is 556. The first kappa shape index (κ1) is 15.6. The van der Waals surface area contributed by atoms with Gasteiger partial charge in [0, 0.05) is 15.1 Å². The lowest BCUT2D eigenvalue weighted by molar-refractivity contribution is 0.204. The maximum Gasteiger partial charge on any atom is 0.0884 e. The van der Waals surface area contributed by atoms with E-state index in [0.29, 0.717) is 5.75 Å². The molecule has 0 bridgehead atoms. The lowest BCUT2D eigenvalue weighted by Gasteiger charge is -2.12. The highest BCUT2D eigenvalue weighted by atomic mass is 79.9. The van der Waals surface area contributed by atoms with Crippen molar-refractivity contribution in [3.05, 3.63) is 64.1 Å². The lowest BCUT2D eigenvalue weighted by atomic mass is 10.0. The lowest BCUT2D eigenvalue weighted by Crippen LogP contribution is -2.01. The van der Waals surface area contributed by atoms with E-state index in [1.54, 1.807) is 11.8 Å². The Morgan fingerprint density at radius 1 is 1.15 bits per heavy atom. The molecule has 106 valence electrons. The van der Waals surface area contributed by atoms with Crippen LogP contribution in [0.4, 0.5) is 0 Å². The van der Waals surface area contributed by atoms with Crippen LogP contribution in [0.3, 0.4) is 0 Å². The van der Waals surface area contributed by atoms with Crippen molar-refractivity contribution in [1.29, 1.82) is 0 Å². The van der Waals surface area contributed by atoms with E-state index < -0.39 is 6.10 Å². The highest BCUT2D eigenvalue weighted by molar-refractivity contribution is 9.10. The largest absolute Gasteiger partial charge is 0.388 e. The smallest absolute Gasteiger partial charge is 0.0884 e. The van der Waals surface area contributed by atoms with Crippen molar-refractivity contribution in [2.24, 2.45) is 0 Å². The molecule has 0 aliphatic carbocycles. The summed E-state index contributed by atoms with van der Waals surface area (Å²) in [5.74, 6) is 0.665. The molecule has 1 nitrogen and oxygen atoms in total. The molecule has 0 aliphatic heterocycles. The molecule has 2 aromatic rings. The van der Waals surface area contributed by atoms with E-state index in [1.165, 1.54) is 5.56 Å². The molecule has 1 N–H and O–H groups in total. The quantitative estimate of drug-likeness (QED) is 0.720. The zero-order valence-electron chi connectivity index (χ0n) is 11.6. The topological polar surface area (TPSA) is 20.2 Å². The molecule has 0 saturated carbocycles. The summed E-state index contributed by atoms with van der Waals surface area (Å²) in [6, 6.07) is 16.4. The van der Waals surface area contributed by atoms with Gasteiger partial charge in [-0.3, -0.25) is 0 Å². The van der Waals surface area contributed by atoms with Gasteiger partial charge in [-0.15, -0.1) is 11.8 Å². The van der Waals surface area contributed by atoms with Gasteiger partial charge in [-0.1, -0.05) is 49.7 Å². The molecule has 0 fully saturated rings. The van der Waals surface area contributed by atoms with Gasteiger partial charge in [-0.05, 0) is 45.6 Å². The van der Waals surface area contributed by atoms with Gasteiger partial charge >= 0.3 is 0 Å². The van der Waals surface area contributed by atoms with Crippen LogP contribution in [0.1, 0.15) is 30.6 Å². The number of halogens is 1. The Balaban J connectivity index is 1.99. The van der Waals surface area contributed by atoms with Crippen LogP contribution in [-0.2, 0) is 6.42 Å². The molecule has 2 aromatic carbocycles. The first-order chi connectivity index (χ1) is 9.70. The number of thioether (sulfide) groups is 1. The van der Waals surface area contributed by atoms with Crippen molar-refractivity contribution in [2.75, 3.05) is 5.75 Å². The number of hydrogen-bond donors (Lipinski definition) is 1. The zero-order valence-corrected chi connectivity index (χ0v) is 14.0. The number of aliphatic hydroxyl groups excluding tert-OH is 1. The van der Waals surface area contributed by atoms with E-state index in [-0.39, 0.29) is 0 Å². The summed E-state index contributed by atoms with van der Waals surface area (Å²) in [5.41, 5.74) is 2.31. The van der Waals surface area contributed by atoms with Gasteiger partial charge in [0.1, 0.15) is 0 Å². The Hall–Kier alpha value is -0.770. The molecule has 20 heavy (non-hydrogen) atoms. The van der Waals surface area contributed by atoms with Crippen LogP contribution in [0.2, 0.25) is 0 Å². The van der Waals surface area contributed by atoms with Crippen LogP contribution < -0.4 is 0 Å². The maximum atomic E-state index is 10.3. The van der Waals surface area contributed by atoms with E-state index in [9.17, 15) is 5.11 Å². The second-order valence-corrected chi connectivity index (χ2v) is 6.67. The van der Waals surface area contributed by atoms with E-state index >= 15 is 0 Å². The Morgan fingerprint density at radius 3 is 2.70 bits per heavy atom. The summed E-state index contributed by atoms with van der Waals surface area (Å²) >= 11 is 5.20. The van der Waals surface area contributed by atoms with Crippen molar-refractivity contribution < 1.29 is 5.11 Å². The molecule has 0 radical (unpaired) electrons. The maximum absolute atomic E-state index is 10.3. The van der Waals surface area contributed by atoms with Crippen LogP contribution in [-0.4, -0.2) is 10.9 Å². The number of rotatable bonds is 6. The van der Waals surface area contributed by atoms with E-state index in [4.69, 9.17) is 0 Å². The number of aryl methyl sites for hydroxylation is 1. The fourth-order valence-electron chi connectivity index (χ4n) is 2.07. The molecule has 1 atom stereocenters. The van der Waals surface area contributed by atoms with Crippen molar-refractivity contribution in [1.82, 2.24) is 0 Å². The molecule has 2 rings (SSSR count). The first-order valence-electron chi connectivity index (χ1n) is 6.85. The molecule has 0 amide bonds. The molecule has 0 aromatic heterocycles. The molecule has 3 heteroatoms. The van der Waals surface area contributed by atoms with Crippen LogP contribution in [0.5, 0.6) is 0 Å². The van der Waals surface area contributed by atoms with Gasteiger partial charge in [0.05, 0.1) is 6.10 Å². The van der Waals surface area contributed by atoms with Crippen molar-refractivity contribution in [3.8, 4) is 0 Å². The highest BCUT2D eigenvalue weighted by Gasteiger charge is 2.10. The summed E-state index contributed by atoms with van der Waals surface area (Å²) < 4.78 is 1.08. The monoisotopic (exact) mass is 350 g/mol. The van der Waals surface area contributed by atoms with Crippen LogP contribution in [0.15, 0.2) is 57.9 Å². The second-order valence-electron chi connectivity index (χ2n) is 4.75. The summed E-state index contributed by atoms with van der Waals surface area (Å²) in [6.45, 7) is 2.17. The SMILES string of the molecule is CCCc1cccc(C(O)CSc2ccccc2Br)c1. The zero-order chi connectivity index (χ0) is 14.4. The molecular formula is C17H19BrOS. The Kier molecular flexibility index (Phi) is 6.14. The van der Waals surface area contributed by atoms with Crippen LogP contribution in [0.25, 0.3) is 0 Å². The van der Waals surface area contributed by atoms with Crippen LogP contribution in [0, 0.1) is 0 Å². The molecular weight excluding hydrogens is 332 g/mol. The third-order valence-corrected chi connectivity index (χ3v) is 5.21. The van der Waals surface area contributed by atoms with Gasteiger partial charge in [0.25, 0.3) is 0 Å². The van der Waals surface area contributed by atoms with E-state index in [0.717, 1.165) is 27.8 Å². The van der Waals surface area contributed by atoms with Gasteiger partial charge < -0.3 is 5.11 Å². The second kappa shape index (κ2) is 7.87. The number of hydrogen-bond acceptors (Lipinski definition) is 2. The summed E-state index contributed by atoms with van der Waals surface area (Å²) in [4.78, 5) is 1.16. The van der Waals surface area contributed by atoms with Crippen molar-refractivity contribution >= 4 is 27.7 Å². The van der Waals surface area contributed by atoms with Gasteiger partial charge in [-0.2, -0.15) is 0 Å². The minimum Gasteiger partial charge on any atom is -0.388 e. The predicted octanol–water partition coefficient (Wildman–Crippen LogP) is 5.23. The first-order valence-corrected chi connectivity index (χ1v) is 8.62. The Labute approximate surface area is 133 Å². The van der Waals surface area contributed by atoms with E-state index in [2.05, 4.69) is 41.1 Å². The molecule has 0 saturated heterocycles. The van der Waals surface area contributed by atoms with Crippen LogP contribution >= 0.6 is 27.7 Å². The molecule has 0 heterocycles. The summed E-state index contributed by atoms with van der Waals surface area (Å²) in [6.07, 6.45) is 1.77. The predicted molar refractivity (Wildman–Crippen MR) is 90.3 cm³/mol. The average Bonchev–Trinajstić information content (AvgIpc) is 2.47. The molecule has 0 spiro atoms. The van der Waals surface area contributed by atoms with Gasteiger partial charge in [-0.25, -0.2) is 0 Å². The minimum absolute atomic E-state index is 0.427. The van der Waals surface area contributed by atoms with Crippen molar-refractivity contribution in [3.63, 3.8) is 0 Å². The third kappa shape index (κ3) is 4.37. The summed E-state index contributed by atoms with van der Waals surface area (Å²) in [5, 5.41) is 10.3. The normalized spacial score (nSPS) is 12.3. The molecule has 0 aliphatic rings. The average molecular weight is 351 g/mol. The Morgan fingerprint density at radius 2 is 1.95 bits per heavy atom. The number of benzene rings is 2. The third-order valence-electron chi connectivity index (χ3n) is 3.11. The van der Waals surface area contributed by atoms with Gasteiger partial charge in [0.15, 0.2) is 0 Å². The fraction of sp³-hybridized carbons (Fsp3) is 0.294. The van der Waals surface area contributed by atoms with Crippen molar-refractivity contribution in [2.45, 2.75) is 30.8 Å². The standard InChI is InChI=1S/C17H19BrOS/c1-2-6-13-7-5-8-14(11-13)16(19)12-20-17-10-4-3-9-15(17)18/h3-5,7-11,16,19H,2,6,12H2,1H3. The molecule has 1 unspecified atom stereocenters. The van der Waals surface area contributed by atoms with Gasteiger partial charge in [0.2, 0.25) is 0 Å². The minimum atomic E-state index is -0.427.